The molecular weight excluding hydrogens is 208 g/mol. The van der Waals surface area contributed by atoms with Crippen LogP contribution in [-0.4, -0.2) is 37.5 Å². The number of esters is 1. The van der Waals surface area contributed by atoms with Crippen molar-refractivity contribution in [1.82, 2.24) is 0 Å². The van der Waals surface area contributed by atoms with Gasteiger partial charge < -0.3 is 14.9 Å². The quantitative estimate of drug-likeness (QED) is 0.739. The highest BCUT2D eigenvalue weighted by atomic mass is 16.5. The van der Waals surface area contributed by atoms with Crippen LogP contribution in [0.4, 0.5) is 0 Å². The van der Waals surface area contributed by atoms with Crippen molar-refractivity contribution in [3.05, 3.63) is 35.4 Å². The second kappa shape index (κ2) is 11.7. The van der Waals surface area contributed by atoms with Crippen LogP contribution in [0.5, 0.6) is 0 Å². The molecule has 0 saturated heterocycles. The van der Waals surface area contributed by atoms with E-state index in [2.05, 4.69) is 4.74 Å². The molecule has 1 aromatic carbocycles. The summed E-state index contributed by atoms with van der Waals surface area (Å²) in [5.41, 5.74) is 2.17. The van der Waals surface area contributed by atoms with E-state index in [9.17, 15) is 4.79 Å². The molecule has 0 aromatic heterocycles. The molecule has 4 nitrogen and oxygen atoms in total. The van der Waals surface area contributed by atoms with Crippen molar-refractivity contribution in [2.75, 3.05) is 21.3 Å². The Hall–Kier alpha value is -1.39. The molecule has 0 fully saturated rings. The zero-order valence-electron chi connectivity index (χ0n) is 10.2. The van der Waals surface area contributed by atoms with Gasteiger partial charge in [-0.05, 0) is 12.5 Å². The standard InChI is InChI=1S/C10H12O2.2CH4O/c1-8-4-3-5-9(6-8)7-10(11)12-2;2*1-2/h3-6H,7H2,1-2H3;2*2H,1H3. The van der Waals surface area contributed by atoms with Crippen LogP contribution in [0.25, 0.3) is 0 Å². The largest absolute Gasteiger partial charge is 0.469 e. The monoisotopic (exact) mass is 228 g/mol. The number of carbonyl (C=O) groups is 1. The number of aliphatic hydroxyl groups excluding tert-OH is 2. The van der Waals surface area contributed by atoms with Gasteiger partial charge in [-0.25, -0.2) is 0 Å². The van der Waals surface area contributed by atoms with Gasteiger partial charge in [0.1, 0.15) is 0 Å². The van der Waals surface area contributed by atoms with Crippen LogP contribution in [0.3, 0.4) is 0 Å². The average molecular weight is 228 g/mol. The lowest BCUT2D eigenvalue weighted by molar-refractivity contribution is -0.139. The third-order valence-electron chi connectivity index (χ3n) is 1.66. The summed E-state index contributed by atoms with van der Waals surface area (Å²) >= 11 is 0. The van der Waals surface area contributed by atoms with E-state index in [0.29, 0.717) is 6.42 Å². The number of benzene rings is 1. The molecule has 0 aliphatic rings. The number of aryl methyl sites for hydroxylation is 1. The van der Waals surface area contributed by atoms with E-state index < -0.39 is 0 Å². The van der Waals surface area contributed by atoms with Crippen molar-refractivity contribution in [3.8, 4) is 0 Å². The van der Waals surface area contributed by atoms with Crippen LogP contribution in [0.2, 0.25) is 0 Å². The number of rotatable bonds is 2. The number of carbonyl (C=O) groups excluding carboxylic acids is 1. The molecule has 0 aliphatic heterocycles. The summed E-state index contributed by atoms with van der Waals surface area (Å²) in [5, 5.41) is 14.0. The van der Waals surface area contributed by atoms with E-state index in [1.807, 2.05) is 31.2 Å². The highest BCUT2D eigenvalue weighted by Gasteiger charge is 2.01. The van der Waals surface area contributed by atoms with Crippen molar-refractivity contribution in [2.45, 2.75) is 13.3 Å². The molecule has 0 amide bonds. The van der Waals surface area contributed by atoms with E-state index in [4.69, 9.17) is 10.2 Å². The summed E-state index contributed by atoms with van der Waals surface area (Å²) in [6, 6.07) is 7.84. The molecule has 0 bridgehead atoms. The summed E-state index contributed by atoms with van der Waals surface area (Å²) in [7, 11) is 3.40. The van der Waals surface area contributed by atoms with Gasteiger partial charge in [-0.1, -0.05) is 29.8 Å². The Morgan fingerprint density at radius 1 is 1.25 bits per heavy atom. The van der Waals surface area contributed by atoms with Gasteiger partial charge in [0.25, 0.3) is 0 Å². The molecule has 0 spiro atoms. The maximum absolute atomic E-state index is 10.9. The summed E-state index contributed by atoms with van der Waals surface area (Å²) < 4.78 is 4.56. The van der Waals surface area contributed by atoms with Gasteiger partial charge in [0.2, 0.25) is 0 Å². The van der Waals surface area contributed by atoms with Crippen molar-refractivity contribution in [3.63, 3.8) is 0 Å². The lowest BCUT2D eigenvalue weighted by atomic mass is 10.1. The smallest absolute Gasteiger partial charge is 0.309 e. The zero-order chi connectivity index (χ0) is 13.0. The normalized spacial score (nSPS) is 7.88. The van der Waals surface area contributed by atoms with E-state index in [1.54, 1.807) is 0 Å². The van der Waals surface area contributed by atoms with Crippen LogP contribution in [0.15, 0.2) is 24.3 Å². The Kier molecular flexibility index (Phi) is 12.4. The van der Waals surface area contributed by atoms with Gasteiger partial charge in [-0.3, -0.25) is 4.79 Å². The molecule has 0 radical (unpaired) electrons. The SMILES string of the molecule is CO.CO.COC(=O)Cc1cccc(C)c1. The first-order chi connectivity index (χ1) is 7.72. The van der Waals surface area contributed by atoms with Gasteiger partial charge in [0.05, 0.1) is 13.5 Å². The fraction of sp³-hybridized carbons (Fsp3) is 0.417. The Morgan fingerprint density at radius 3 is 2.25 bits per heavy atom. The van der Waals surface area contributed by atoms with E-state index in [0.717, 1.165) is 25.3 Å². The number of hydrogen-bond donors (Lipinski definition) is 2. The van der Waals surface area contributed by atoms with Crippen LogP contribution < -0.4 is 0 Å². The minimum atomic E-state index is -0.194. The van der Waals surface area contributed by atoms with E-state index in [-0.39, 0.29) is 5.97 Å². The fourth-order valence-corrected chi connectivity index (χ4v) is 1.06. The second-order valence-corrected chi connectivity index (χ2v) is 2.74. The second-order valence-electron chi connectivity index (χ2n) is 2.74. The number of methoxy groups -OCH3 is 1. The summed E-state index contributed by atoms with van der Waals surface area (Å²) in [6.07, 6.45) is 0.359. The molecule has 16 heavy (non-hydrogen) atoms. The average Bonchev–Trinajstić information content (AvgIpc) is 2.34. The molecule has 0 aliphatic carbocycles. The Balaban J connectivity index is 0. The number of ether oxygens (including phenoxy) is 1. The first-order valence-corrected chi connectivity index (χ1v) is 4.74. The maximum Gasteiger partial charge on any atom is 0.309 e. The molecule has 1 aromatic rings. The first-order valence-electron chi connectivity index (χ1n) is 4.74. The van der Waals surface area contributed by atoms with Crippen LogP contribution in [-0.2, 0) is 16.0 Å². The Morgan fingerprint density at radius 2 is 1.81 bits per heavy atom. The van der Waals surface area contributed by atoms with Gasteiger partial charge in [0, 0.05) is 14.2 Å². The molecule has 0 atom stereocenters. The fourth-order valence-electron chi connectivity index (χ4n) is 1.06. The van der Waals surface area contributed by atoms with Gasteiger partial charge in [0.15, 0.2) is 0 Å². The molecular formula is C12H20O4. The first kappa shape index (κ1) is 17.0. The van der Waals surface area contributed by atoms with Crippen LogP contribution >= 0.6 is 0 Å². The number of hydrogen-bond acceptors (Lipinski definition) is 4. The Bertz CT molecular complexity index is 284. The summed E-state index contributed by atoms with van der Waals surface area (Å²) in [6.45, 7) is 2.00. The van der Waals surface area contributed by atoms with Gasteiger partial charge in [-0.2, -0.15) is 0 Å². The molecule has 0 heterocycles. The zero-order valence-corrected chi connectivity index (χ0v) is 10.2. The minimum absolute atomic E-state index is 0.194. The van der Waals surface area contributed by atoms with Crippen molar-refractivity contribution < 1.29 is 19.7 Å². The molecule has 1 rings (SSSR count). The topological polar surface area (TPSA) is 66.8 Å². The predicted octanol–water partition coefficient (Wildman–Crippen LogP) is 0.928. The van der Waals surface area contributed by atoms with E-state index >= 15 is 0 Å². The van der Waals surface area contributed by atoms with Gasteiger partial charge in [-0.15, -0.1) is 0 Å². The predicted molar refractivity (Wildman–Crippen MR) is 63.2 cm³/mol. The molecule has 2 N–H and O–H groups in total. The number of aliphatic hydroxyl groups is 2. The third-order valence-corrected chi connectivity index (χ3v) is 1.66. The Labute approximate surface area is 96.5 Å². The molecule has 0 unspecified atom stereocenters. The third kappa shape index (κ3) is 7.96. The molecule has 92 valence electrons. The van der Waals surface area contributed by atoms with Crippen molar-refractivity contribution in [2.24, 2.45) is 0 Å². The van der Waals surface area contributed by atoms with Crippen molar-refractivity contribution >= 4 is 5.97 Å². The van der Waals surface area contributed by atoms with Crippen LogP contribution in [0, 0.1) is 6.92 Å². The maximum atomic E-state index is 10.9. The highest BCUT2D eigenvalue weighted by Crippen LogP contribution is 2.04. The van der Waals surface area contributed by atoms with E-state index in [1.165, 1.54) is 7.11 Å². The summed E-state index contributed by atoms with van der Waals surface area (Å²) in [4.78, 5) is 10.9. The van der Waals surface area contributed by atoms with Gasteiger partial charge >= 0.3 is 5.97 Å². The molecule has 0 saturated carbocycles. The summed E-state index contributed by atoms with van der Waals surface area (Å²) in [5.74, 6) is -0.194. The van der Waals surface area contributed by atoms with Crippen molar-refractivity contribution in [1.29, 1.82) is 0 Å². The van der Waals surface area contributed by atoms with Crippen LogP contribution in [0.1, 0.15) is 11.1 Å². The highest BCUT2D eigenvalue weighted by molar-refractivity contribution is 5.72. The lowest BCUT2D eigenvalue weighted by Gasteiger charge is -2.00. The molecule has 4 heteroatoms. The minimum Gasteiger partial charge on any atom is -0.469 e. The lowest BCUT2D eigenvalue weighted by Crippen LogP contribution is -2.04.